The van der Waals surface area contributed by atoms with Crippen LogP contribution in [0.4, 0.5) is 0 Å². The van der Waals surface area contributed by atoms with Crippen molar-refractivity contribution in [1.29, 1.82) is 0 Å². The number of rotatable bonds is 14. The third-order valence-electron chi connectivity index (χ3n) is 3.25. The van der Waals surface area contributed by atoms with Gasteiger partial charge >= 0.3 is 5.97 Å². The second kappa shape index (κ2) is 17.9. The Kier molecular flexibility index (Phi) is 16.2. The van der Waals surface area contributed by atoms with Crippen LogP contribution in [0.25, 0.3) is 0 Å². The van der Waals surface area contributed by atoms with Crippen molar-refractivity contribution < 1.29 is 14.7 Å². The molecule has 3 nitrogen and oxygen atoms in total. The molecule has 0 heterocycles. The molecule has 0 unspecified atom stereocenters. The number of hydrogen-bond donors (Lipinski definition) is 1. The van der Waals surface area contributed by atoms with Crippen LogP contribution >= 0.6 is 0 Å². The average Bonchev–Trinajstić information content (AvgIpc) is 2.58. The zero-order chi connectivity index (χ0) is 18.6. The molecule has 0 aliphatic carbocycles. The summed E-state index contributed by atoms with van der Waals surface area (Å²) in [7, 11) is 0. The SMILES string of the molecule is CCCCCCCC=CC=CC=CC=CC(=O)CC=CC=CC(=O)O. The molecule has 0 saturated carbocycles. The van der Waals surface area contributed by atoms with Gasteiger partial charge in [0.1, 0.15) is 0 Å². The Balaban J connectivity index is 3.79. The van der Waals surface area contributed by atoms with Crippen LogP contribution in [0, 0.1) is 0 Å². The fourth-order valence-electron chi connectivity index (χ4n) is 1.93. The molecule has 1 N–H and O–H groups in total. The van der Waals surface area contributed by atoms with E-state index < -0.39 is 5.97 Å². The Labute approximate surface area is 151 Å². The van der Waals surface area contributed by atoms with Gasteiger partial charge in [-0.15, -0.1) is 0 Å². The maximum atomic E-state index is 11.5. The molecule has 3 heteroatoms. The second-order valence-corrected chi connectivity index (χ2v) is 5.56. The van der Waals surface area contributed by atoms with Gasteiger partial charge in [-0.05, 0) is 18.9 Å². The molecule has 0 amide bonds. The van der Waals surface area contributed by atoms with E-state index in [-0.39, 0.29) is 12.2 Å². The summed E-state index contributed by atoms with van der Waals surface area (Å²) in [6, 6.07) is 0. The molecule has 0 aromatic heterocycles. The van der Waals surface area contributed by atoms with Crippen molar-refractivity contribution in [1.82, 2.24) is 0 Å². The number of aliphatic carboxylic acids is 1. The van der Waals surface area contributed by atoms with E-state index in [9.17, 15) is 9.59 Å². The summed E-state index contributed by atoms with van der Waals surface area (Å²) in [6.07, 6.45) is 28.5. The molecule has 0 bridgehead atoms. The molecule has 136 valence electrons. The number of ketones is 1. The van der Waals surface area contributed by atoms with Crippen LogP contribution in [-0.4, -0.2) is 16.9 Å². The monoisotopic (exact) mass is 342 g/mol. The van der Waals surface area contributed by atoms with Crippen molar-refractivity contribution in [3.05, 3.63) is 72.9 Å². The van der Waals surface area contributed by atoms with Gasteiger partial charge in [0.25, 0.3) is 0 Å². The summed E-state index contributed by atoms with van der Waals surface area (Å²) in [5.74, 6) is -1.03. The molecule has 0 spiro atoms. The molecule has 0 fully saturated rings. The van der Waals surface area contributed by atoms with Crippen molar-refractivity contribution >= 4 is 11.8 Å². The Morgan fingerprint density at radius 1 is 0.720 bits per heavy atom. The minimum absolute atomic E-state index is 0.0310. The van der Waals surface area contributed by atoms with E-state index in [1.165, 1.54) is 44.3 Å². The summed E-state index contributed by atoms with van der Waals surface area (Å²) in [5, 5.41) is 8.39. The van der Waals surface area contributed by atoms with Gasteiger partial charge in [0.2, 0.25) is 0 Å². The zero-order valence-electron chi connectivity index (χ0n) is 15.1. The van der Waals surface area contributed by atoms with Crippen LogP contribution in [0.5, 0.6) is 0 Å². The summed E-state index contributed by atoms with van der Waals surface area (Å²) in [4.78, 5) is 21.7. The number of carboxylic acid groups (broad SMARTS) is 1. The summed E-state index contributed by atoms with van der Waals surface area (Å²) in [5.41, 5.74) is 0. The van der Waals surface area contributed by atoms with Crippen LogP contribution in [0.2, 0.25) is 0 Å². The van der Waals surface area contributed by atoms with Crippen molar-refractivity contribution in [3.63, 3.8) is 0 Å². The molecule has 0 rings (SSSR count). The first-order valence-electron chi connectivity index (χ1n) is 8.92. The number of carbonyl (C=O) groups is 2. The van der Waals surface area contributed by atoms with E-state index in [0.29, 0.717) is 0 Å². The van der Waals surface area contributed by atoms with Gasteiger partial charge in [-0.25, -0.2) is 4.79 Å². The summed E-state index contributed by atoms with van der Waals surface area (Å²) >= 11 is 0. The standard InChI is InChI=1S/C22H30O3/c1-2-3-4-5-6-7-8-9-10-11-12-13-15-18-21(23)19-16-14-17-20-22(24)25/h8-18,20H,2-7,19H2,1H3,(H,24,25). The van der Waals surface area contributed by atoms with Crippen molar-refractivity contribution in [2.75, 3.05) is 0 Å². The van der Waals surface area contributed by atoms with Crippen molar-refractivity contribution in [2.45, 2.75) is 51.9 Å². The normalized spacial score (nSPS) is 12.8. The Morgan fingerprint density at radius 3 is 2.04 bits per heavy atom. The molecule has 0 radical (unpaired) electrons. The largest absolute Gasteiger partial charge is 0.478 e. The van der Waals surface area contributed by atoms with Crippen LogP contribution in [0.15, 0.2) is 72.9 Å². The van der Waals surface area contributed by atoms with E-state index in [2.05, 4.69) is 19.1 Å². The highest BCUT2D eigenvalue weighted by Gasteiger charge is 1.89. The first-order chi connectivity index (χ1) is 12.2. The predicted molar refractivity (Wildman–Crippen MR) is 105 cm³/mol. The van der Waals surface area contributed by atoms with E-state index in [0.717, 1.165) is 12.5 Å². The maximum Gasteiger partial charge on any atom is 0.328 e. The Bertz CT molecular complexity index is 531. The molecule has 0 atom stereocenters. The van der Waals surface area contributed by atoms with Crippen molar-refractivity contribution in [3.8, 4) is 0 Å². The molecule has 0 aromatic rings. The lowest BCUT2D eigenvalue weighted by Crippen LogP contribution is -1.88. The second-order valence-electron chi connectivity index (χ2n) is 5.56. The van der Waals surface area contributed by atoms with Gasteiger partial charge in [0.05, 0.1) is 0 Å². The highest BCUT2D eigenvalue weighted by Crippen LogP contribution is 2.05. The zero-order valence-corrected chi connectivity index (χ0v) is 15.1. The molecule has 0 saturated heterocycles. The average molecular weight is 342 g/mol. The van der Waals surface area contributed by atoms with E-state index >= 15 is 0 Å². The summed E-state index contributed by atoms with van der Waals surface area (Å²) < 4.78 is 0. The topological polar surface area (TPSA) is 54.4 Å². The van der Waals surface area contributed by atoms with Gasteiger partial charge in [-0.2, -0.15) is 0 Å². The third kappa shape index (κ3) is 19.5. The number of allylic oxidation sites excluding steroid dienone is 11. The lowest BCUT2D eigenvalue weighted by Gasteiger charge is -1.95. The molecule has 0 aliphatic heterocycles. The highest BCUT2D eigenvalue weighted by molar-refractivity contribution is 5.91. The van der Waals surface area contributed by atoms with E-state index in [1.54, 1.807) is 24.3 Å². The quantitative estimate of drug-likeness (QED) is 0.249. The Hall–Kier alpha value is -2.42. The fourth-order valence-corrected chi connectivity index (χ4v) is 1.93. The fraction of sp³-hybridized carbons (Fsp3) is 0.364. The first-order valence-corrected chi connectivity index (χ1v) is 8.92. The van der Waals surface area contributed by atoms with Crippen LogP contribution in [0.3, 0.4) is 0 Å². The smallest absolute Gasteiger partial charge is 0.328 e. The van der Waals surface area contributed by atoms with Crippen LogP contribution in [0.1, 0.15) is 51.9 Å². The molecule has 25 heavy (non-hydrogen) atoms. The van der Waals surface area contributed by atoms with Gasteiger partial charge in [0.15, 0.2) is 5.78 Å². The summed E-state index contributed by atoms with van der Waals surface area (Å²) in [6.45, 7) is 2.23. The molecular weight excluding hydrogens is 312 g/mol. The molecule has 0 aliphatic rings. The van der Waals surface area contributed by atoms with E-state index in [4.69, 9.17) is 5.11 Å². The molecule has 0 aromatic carbocycles. The number of unbranched alkanes of at least 4 members (excludes halogenated alkanes) is 5. The molecular formula is C22H30O3. The predicted octanol–water partition coefficient (Wildman–Crippen LogP) is 5.73. The lowest BCUT2D eigenvalue weighted by molar-refractivity contribution is -0.131. The minimum Gasteiger partial charge on any atom is -0.478 e. The Morgan fingerprint density at radius 2 is 1.32 bits per heavy atom. The number of carbonyl (C=O) groups excluding carboxylic acids is 1. The van der Waals surface area contributed by atoms with Gasteiger partial charge in [-0.3, -0.25) is 4.79 Å². The minimum atomic E-state index is -1.00. The third-order valence-corrected chi connectivity index (χ3v) is 3.25. The van der Waals surface area contributed by atoms with Gasteiger partial charge in [0, 0.05) is 12.5 Å². The van der Waals surface area contributed by atoms with E-state index in [1.807, 2.05) is 18.2 Å². The first kappa shape index (κ1) is 22.6. The lowest BCUT2D eigenvalue weighted by atomic mass is 10.1. The highest BCUT2D eigenvalue weighted by atomic mass is 16.4. The van der Waals surface area contributed by atoms with Gasteiger partial charge in [-0.1, -0.05) is 93.4 Å². The number of hydrogen-bond acceptors (Lipinski definition) is 2. The maximum absolute atomic E-state index is 11.5. The van der Waals surface area contributed by atoms with Crippen LogP contribution in [-0.2, 0) is 9.59 Å². The van der Waals surface area contributed by atoms with Gasteiger partial charge < -0.3 is 5.11 Å². The van der Waals surface area contributed by atoms with Crippen LogP contribution < -0.4 is 0 Å². The number of carboxylic acids is 1. The van der Waals surface area contributed by atoms with Crippen molar-refractivity contribution in [2.24, 2.45) is 0 Å².